The van der Waals surface area contributed by atoms with Gasteiger partial charge in [-0.15, -0.1) is 5.10 Å². The summed E-state index contributed by atoms with van der Waals surface area (Å²) in [7, 11) is 0. The standard InChI is InChI=1S/C6H11N5S/c1-2-3-8-6(9-7)5-4-12-11-10-5/h4H,2-3,7H2,1H3,(H,8,9). The van der Waals surface area contributed by atoms with E-state index in [1.165, 1.54) is 11.5 Å². The molecule has 12 heavy (non-hydrogen) atoms. The molecular weight excluding hydrogens is 174 g/mol. The average molecular weight is 185 g/mol. The predicted molar refractivity (Wildman–Crippen MR) is 48.9 cm³/mol. The molecule has 0 fully saturated rings. The summed E-state index contributed by atoms with van der Waals surface area (Å²) in [5, 5.41) is 5.64. The maximum Gasteiger partial charge on any atom is 0.164 e. The van der Waals surface area contributed by atoms with Crippen molar-refractivity contribution in [3.05, 3.63) is 11.1 Å². The van der Waals surface area contributed by atoms with Crippen LogP contribution in [-0.4, -0.2) is 22.0 Å². The van der Waals surface area contributed by atoms with Crippen LogP contribution in [-0.2, 0) is 0 Å². The first-order valence-electron chi connectivity index (χ1n) is 3.67. The first kappa shape index (κ1) is 9.08. The van der Waals surface area contributed by atoms with E-state index in [0.717, 1.165) is 13.0 Å². The molecule has 1 aromatic heterocycles. The summed E-state index contributed by atoms with van der Waals surface area (Å²) in [6, 6.07) is 0. The summed E-state index contributed by atoms with van der Waals surface area (Å²) >= 11 is 1.28. The first-order chi connectivity index (χ1) is 5.88. The second-order valence-electron chi connectivity index (χ2n) is 2.16. The van der Waals surface area contributed by atoms with Crippen molar-refractivity contribution >= 4 is 17.4 Å². The van der Waals surface area contributed by atoms with E-state index < -0.39 is 0 Å². The van der Waals surface area contributed by atoms with Crippen LogP contribution < -0.4 is 11.3 Å². The smallest absolute Gasteiger partial charge is 0.164 e. The third kappa shape index (κ3) is 2.24. The van der Waals surface area contributed by atoms with Gasteiger partial charge in [0.1, 0.15) is 5.69 Å². The molecular formula is C6H11N5S. The Balaban J connectivity index is 2.69. The topological polar surface area (TPSA) is 76.2 Å². The fraction of sp³-hybridized carbons (Fsp3) is 0.500. The molecule has 0 unspecified atom stereocenters. The van der Waals surface area contributed by atoms with Crippen LogP contribution in [0.2, 0.25) is 0 Å². The molecule has 6 heteroatoms. The molecule has 0 aliphatic heterocycles. The zero-order chi connectivity index (χ0) is 8.81. The van der Waals surface area contributed by atoms with Crippen LogP contribution in [0.5, 0.6) is 0 Å². The van der Waals surface area contributed by atoms with Crippen molar-refractivity contribution in [3.8, 4) is 0 Å². The van der Waals surface area contributed by atoms with E-state index >= 15 is 0 Å². The van der Waals surface area contributed by atoms with Gasteiger partial charge in [0.05, 0.1) is 0 Å². The van der Waals surface area contributed by atoms with Gasteiger partial charge in [-0.25, -0.2) is 5.84 Å². The lowest BCUT2D eigenvalue weighted by molar-refractivity contribution is 0.902. The van der Waals surface area contributed by atoms with Crippen molar-refractivity contribution in [1.29, 1.82) is 0 Å². The van der Waals surface area contributed by atoms with Crippen LogP contribution in [0, 0.1) is 0 Å². The third-order valence-electron chi connectivity index (χ3n) is 1.23. The highest BCUT2D eigenvalue weighted by Gasteiger charge is 2.02. The normalized spacial score (nSPS) is 11.7. The number of hydrogen-bond donors (Lipinski definition) is 2. The van der Waals surface area contributed by atoms with Crippen molar-refractivity contribution in [2.45, 2.75) is 13.3 Å². The second kappa shape index (κ2) is 4.78. The summed E-state index contributed by atoms with van der Waals surface area (Å²) in [6.07, 6.45) is 0.989. The minimum atomic E-state index is 0.602. The number of aromatic nitrogens is 2. The fourth-order valence-electron chi connectivity index (χ4n) is 0.692. The van der Waals surface area contributed by atoms with Crippen molar-refractivity contribution in [3.63, 3.8) is 0 Å². The van der Waals surface area contributed by atoms with E-state index in [0.29, 0.717) is 11.5 Å². The maximum atomic E-state index is 5.26. The lowest BCUT2D eigenvalue weighted by atomic mass is 10.4. The van der Waals surface area contributed by atoms with Gasteiger partial charge in [0.15, 0.2) is 5.84 Å². The third-order valence-corrected chi connectivity index (χ3v) is 1.74. The van der Waals surface area contributed by atoms with Gasteiger partial charge >= 0.3 is 0 Å². The number of hydrogen-bond acceptors (Lipinski definition) is 5. The van der Waals surface area contributed by atoms with Crippen molar-refractivity contribution < 1.29 is 0 Å². The molecule has 0 aromatic carbocycles. The molecule has 1 heterocycles. The zero-order valence-electron chi connectivity index (χ0n) is 6.82. The molecule has 0 aliphatic carbocycles. The Labute approximate surface area is 74.8 Å². The molecule has 5 nitrogen and oxygen atoms in total. The SMILES string of the molecule is CCCN=C(NN)c1csnn1. The molecule has 0 aliphatic rings. The number of nitrogens with two attached hydrogens (primary N) is 1. The van der Waals surface area contributed by atoms with E-state index in [9.17, 15) is 0 Å². The number of hydrazine groups is 1. The van der Waals surface area contributed by atoms with E-state index in [4.69, 9.17) is 5.84 Å². The highest BCUT2D eigenvalue weighted by atomic mass is 32.1. The largest absolute Gasteiger partial charge is 0.307 e. The van der Waals surface area contributed by atoms with Gasteiger partial charge in [0.25, 0.3) is 0 Å². The quantitative estimate of drug-likeness (QED) is 0.304. The van der Waals surface area contributed by atoms with Gasteiger partial charge in [-0.2, -0.15) is 0 Å². The van der Waals surface area contributed by atoms with Crippen molar-refractivity contribution in [2.24, 2.45) is 10.8 Å². The summed E-state index contributed by atoms with van der Waals surface area (Å²) < 4.78 is 3.71. The lowest BCUT2D eigenvalue weighted by Crippen LogP contribution is -2.31. The summed E-state index contributed by atoms with van der Waals surface area (Å²) in [5.41, 5.74) is 3.20. The number of nitrogens with zero attached hydrogens (tertiary/aromatic N) is 3. The van der Waals surface area contributed by atoms with Gasteiger partial charge < -0.3 is 5.43 Å². The maximum absolute atomic E-state index is 5.26. The Morgan fingerprint density at radius 2 is 2.67 bits per heavy atom. The lowest BCUT2D eigenvalue weighted by Gasteiger charge is -1.99. The Morgan fingerprint density at radius 3 is 3.17 bits per heavy atom. The van der Waals surface area contributed by atoms with E-state index in [2.05, 4.69) is 26.9 Å². The molecule has 0 saturated heterocycles. The number of aliphatic imine (C=N–C) groups is 1. The van der Waals surface area contributed by atoms with Crippen LogP contribution in [0.15, 0.2) is 10.4 Å². The predicted octanol–water partition coefficient (Wildman–Crippen LogP) is 0.158. The number of nitrogens with one attached hydrogen (secondary N) is 1. The average Bonchev–Trinajstić information content (AvgIpc) is 2.59. The molecule has 0 radical (unpaired) electrons. The Morgan fingerprint density at radius 1 is 1.83 bits per heavy atom. The van der Waals surface area contributed by atoms with E-state index in [-0.39, 0.29) is 0 Å². The van der Waals surface area contributed by atoms with Gasteiger partial charge in [-0.3, -0.25) is 4.99 Å². The zero-order valence-corrected chi connectivity index (χ0v) is 7.64. The molecule has 0 saturated carbocycles. The second-order valence-corrected chi connectivity index (χ2v) is 2.77. The van der Waals surface area contributed by atoms with E-state index in [1.807, 2.05) is 0 Å². The molecule has 66 valence electrons. The summed E-state index contributed by atoms with van der Waals surface area (Å²) in [5.74, 6) is 5.86. The molecule has 0 amide bonds. The Kier molecular flexibility index (Phi) is 3.62. The molecule has 0 atom stereocenters. The van der Waals surface area contributed by atoms with Crippen LogP contribution in [0.3, 0.4) is 0 Å². The fourth-order valence-corrected chi connectivity index (χ4v) is 1.13. The highest BCUT2D eigenvalue weighted by molar-refractivity contribution is 7.03. The molecule has 0 spiro atoms. The van der Waals surface area contributed by atoms with Gasteiger partial charge in [0.2, 0.25) is 0 Å². The van der Waals surface area contributed by atoms with Crippen molar-refractivity contribution in [1.82, 2.24) is 15.0 Å². The Bertz CT molecular complexity index is 242. The van der Waals surface area contributed by atoms with Crippen LogP contribution >= 0.6 is 11.5 Å². The summed E-state index contributed by atoms with van der Waals surface area (Å²) in [4.78, 5) is 4.19. The molecule has 1 rings (SSSR count). The molecule has 1 aromatic rings. The van der Waals surface area contributed by atoms with Gasteiger partial charge in [-0.1, -0.05) is 11.4 Å². The highest BCUT2D eigenvalue weighted by Crippen LogP contribution is 1.97. The first-order valence-corrected chi connectivity index (χ1v) is 4.50. The van der Waals surface area contributed by atoms with Crippen LogP contribution in [0.1, 0.15) is 19.0 Å². The van der Waals surface area contributed by atoms with Gasteiger partial charge in [-0.05, 0) is 18.0 Å². The minimum absolute atomic E-state index is 0.602. The van der Waals surface area contributed by atoms with Crippen molar-refractivity contribution in [2.75, 3.05) is 6.54 Å². The van der Waals surface area contributed by atoms with Gasteiger partial charge in [0, 0.05) is 11.9 Å². The minimum Gasteiger partial charge on any atom is -0.307 e. The number of rotatable bonds is 3. The van der Waals surface area contributed by atoms with Crippen LogP contribution in [0.4, 0.5) is 0 Å². The summed E-state index contributed by atoms with van der Waals surface area (Å²) in [6.45, 7) is 2.80. The van der Waals surface area contributed by atoms with E-state index in [1.54, 1.807) is 5.38 Å². The molecule has 0 bridgehead atoms. The monoisotopic (exact) mass is 185 g/mol. The Hall–Kier alpha value is -1.01. The molecule has 3 N–H and O–H groups in total. The van der Waals surface area contributed by atoms with Crippen LogP contribution in [0.25, 0.3) is 0 Å². The number of amidine groups is 1.